The van der Waals surface area contributed by atoms with E-state index in [0.29, 0.717) is 11.4 Å². The Morgan fingerprint density at radius 1 is 0.963 bits per heavy atom. The highest BCUT2D eigenvalue weighted by Crippen LogP contribution is 2.36. The van der Waals surface area contributed by atoms with Crippen molar-refractivity contribution >= 4 is 23.1 Å². The Labute approximate surface area is 156 Å². The van der Waals surface area contributed by atoms with Crippen molar-refractivity contribution in [3.63, 3.8) is 0 Å². The van der Waals surface area contributed by atoms with Gasteiger partial charge in [-0.05, 0) is 56.5 Å². The first kappa shape index (κ1) is 19.1. The van der Waals surface area contributed by atoms with Crippen LogP contribution in [-0.2, 0) is 6.18 Å². The normalized spacial score (nSPS) is 14.7. The van der Waals surface area contributed by atoms with Crippen molar-refractivity contribution in [3.8, 4) is 0 Å². The smallest absolute Gasteiger partial charge is 0.370 e. The number of carbonyl (C=O) groups excluding carboxylic acids is 1. The zero-order valence-corrected chi connectivity index (χ0v) is 15.1. The van der Waals surface area contributed by atoms with Crippen LogP contribution in [0.2, 0.25) is 0 Å². The van der Waals surface area contributed by atoms with Crippen LogP contribution < -0.4 is 15.5 Å². The fourth-order valence-electron chi connectivity index (χ4n) is 3.14. The summed E-state index contributed by atoms with van der Waals surface area (Å²) in [6, 6.07) is 10.1. The van der Waals surface area contributed by atoms with Gasteiger partial charge in [0.1, 0.15) is 0 Å². The lowest BCUT2D eigenvalue weighted by molar-refractivity contribution is -0.137. The molecule has 2 aromatic rings. The number of aryl methyl sites for hydroxylation is 1. The largest absolute Gasteiger partial charge is 0.416 e. The van der Waals surface area contributed by atoms with E-state index in [0.717, 1.165) is 50.0 Å². The van der Waals surface area contributed by atoms with Crippen molar-refractivity contribution in [2.45, 2.75) is 32.4 Å². The number of rotatable bonds is 3. The Balaban J connectivity index is 1.83. The molecule has 27 heavy (non-hydrogen) atoms. The highest BCUT2D eigenvalue weighted by atomic mass is 19.4. The summed E-state index contributed by atoms with van der Waals surface area (Å²) in [5, 5.41) is 5.25. The van der Waals surface area contributed by atoms with Gasteiger partial charge in [-0.1, -0.05) is 17.7 Å². The van der Waals surface area contributed by atoms with Crippen LogP contribution in [0.25, 0.3) is 0 Å². The predicted molar refractivity (Wildman–Crippen MR) is 101 cm³/mol. The van der Waals surface area contributed by atoms with Crippen LogP contribution in [0.1, 0.15) is 30.4 Å². The van der Waals surface area contributed by atoms with Gasteiger partial charge in [0, 0.05) is 18.8 Å². The molecule has 4 nitrogen and oxygen atoms in total. The van der Waals surface area contributed by atoms with E-state index in [4.69, 9.17) is 0 Å². The summed E-state index contributed by atoms with van der Waals surface area (Å²) in [6.45, 7) is 3.45. The number of amides is 2. The quantitative estimate of drug-likeness (QED) is 0.726. The molecule has 7 heteroatoms. The molecular weight excluding hydrogens is 355 g/mol. The molecule has 1 saturated heterocycles. The zero-order valence-electron chi connectivity index (χ0n) is 15.1. The van der Waals surface area contributed by atoms with Crippen LogP contribution in [0.5, 0.6) is 0 Å². The Morgan fingerprint density at radius 2 is 1.63 bits per heavy atom. The van der Waals surface area contributed by atoms with Gasteiger partial charge in [-0.25, -0.2) is 4.79 Å². The number of piperidine rings is 1. The van der Waals surface area contributed by atoms with Crippen LogP contribution in [0.3, 0.4) is 0 Å². The molecule has 0 atom stereocenters. The van der Waals surface area contributed by atoms with Gasteiger partial charge in [0.2, 0.25) is 0 Å². The van der Waals surface area contributed by atoms with Crippen molar-refractivity contribution < 1.29 is 18.0 Å². The minimum absolute atomic E-state index is 0.163. The lowest BCUT2D eigenvalue weighted by Crippen LogP contribution is -2.31. The Morgan fingerprint density at radius 3 is 2.26 bits per heavy atom. The third-order valence-corrected chi connectivity index (χ3v) is 4.58. The van der Waals surface area contributed by atoms with E-state index in [1.54, 1.807) is 12.1 Å². The molecule has 3 rings (SSSR count). The topological polar surface area (TPSA) is 44.4 Å². The van der Waals surface area contributed by atoms with Gasteiger partial charge in [-0.3, -0.25) is 0 Å². The number of halogens is 3. The van der Waals surface area contributed by atoms with Crippen molar-refractivity contribution in [3.05, 3.63) is 53.6 Å². The Bertz CT molecular complexity index is 797. The first-order valence-electron chi connectivity index (χ1n) is 8.94. The first-order chi connectivity index (χ1) is 12.8. The molecule has 0 aromatic heterocycles. The van der Waals surface area contributed by atoms with Crippen molar-refractivity contribution in [1.82, 2.24) is 0 Å². The van der Waals surface area contributed by atoms with Crippen molar-refractivity contribution in [2.24, 2.45) is 0 Å². The molecular formula is C20H22F3N3O. The second-order valence-corrected chi connectivity index (χ2v) is 6.72. The number of nitrogens with zero attached hydrogens (tertiary/aromatic N) is 1. The van der Waals surface area contributed by atoms with Crippen LogP contribution >= 0.6 is 0 Å². The number of anilines is 3. The fraction of sp³-hybridized carbons (Fsp3) is 0.350. The van der Waals surface area contributed by atoms with Crippen LogP contribution in [0, 0.1) is 6.92 Å². The van der Waals surface area contributed by atoms with E-state index in [-0.39, 0.29) is 5.69 Å². The number of nitrogens with one attached hydrogen (secondary N) is 2. The highest BCUT2D eigenvalue weighted by molar-refractivity contribution is 6.02. The summed E-state index contributed by atoms with van der Waals surface area (Å²) in [6.07, 6.45) is -1.40. The van der Waals surface area contributed by atoms with Gasteiger partial charge in [-0.2, -0.15) is 13.2 Å². The second kappa shape index (κ2) is 7.90. The Kier molecular flexibility index (Phi) is 5.58. The molecule has 2 amide bonds. The first-order valence-corrected chi connectivity index (χ1v) is 8.94. The standard InChI is InChI=1S/C20H22F3N3O/c1-14-5-8-16(9-6-14)24-19(27)25-17-13-15(20(21,22)23)7-10-18(17)26-11-3-2-4-12-26/h5-10,13H,2-4,11-12H2,1H3,(H2,24,25,27). The molecule has 0 saturated carbocycles. The number of alkyl halides is 3. The van der Waals surface area contributed by atoms with Crippen LogP contribution in [0.15, 0.2) is 42.5 Å². The van der Waals surface area contributed by atoms with Gasteiger partial charge in [0.05, 0.1) is 16.9 Å². The van der Waals surface area contributed by atoms with E-state index < -0.39 is 17.8 Å². The molecule has 0 bridgehead atoms. The van der Waals surface area contributed by atoms with E-state index in [9.17, 15) is 18.0 Å². The third-order valence-electron chi connectivity index (χ3n) is 4.58. The monoisotopic (exact) mass is 377 g/mol. The minimum atomic E-state index is -4.47. The minimum Gasteiger partial charge on any atom is -0.370 e. The summed E-state index contributed by atoms with van der Waals surface area (Å²) in [5.74, 6) is 0. The number of urea groups is 1. The average Bonchev–Trinajstić information content (AvgIpc) is 2.63. The molecule has 1 aliphatic heterocycles. The summed E-state index contributed by atoms with van der Waals surface area (Å²) >= 11 is 0. The van der Waals surface area contributed by atoms with Gasteiger partial charge in [0.15, 0.2) is 0 Å². The predicted octanol–water partition coefficient (Wildman–Crippen LogP) is 5.65. The molecule has 2 N–H and O–H groups in total. The maximum Gasteiger partial charge on any atom is 0.416 e. The van der Waals surface area contributed by atoms with Gasteiger partial charge < -0.3 is 15.5 Å². The van der Waals surface area contributed by atoms with E-state index >= 15 is 0 Å². The number of hydrogen-bond donors (Lipinski definition) is 2. The van der Waals surface area contributed by atoms with Gasteiger partial charge in [-0.15, -0.1) is 0 Å². The average molecular weight is 377 g/mol. The maximum atomic E-state index is 13.1. The SMILES string of the molecule is Cc1ccc(NC(=O)Nc2cc(C(F)(F)F)ccc2N2CCCCC2)cc1. The summed E-state index contributed by atoms with van der Waals surface area (Å²) in [7, 11) is 0. The van der Waals surface area contributed by atoms with Gasteiger partial charge in [0.25, 0.3) is 0 Å². The Hall–Kier alpha value is -2.70. The molecule has 1 fully saturated rings. The molecule has 0 spiro atoms. The zero-order chi connectivity index (χ0) is 19.4. The summed E-state index contributed by atoms with van der Waals surface area (Å²) in [5.41, 5.74) is 1.61. The highest BCUT2D eigenvalue weighted by Gasteiger charge is 2.31. The van der Waals surface area contributed by atoms with E-state index in [1.807, 2.05) is 24.0 Å². The molecule has 1 aliphatic rings. The number of hydrogen-bond acceptors (Lipinski definition) is 2. The lowest BCUT2D eigenvalue weighted by atomic mass is 10.1. The summed E-state index contributed by atoms with van der Waals surface area (Å²) in [4.78, 5) is 14.4. The van der Waals surface area contributed by atoms with Crippen molar-refractivity contribution in [1.29, 1.82) is 0 Å². The molecule has 0 radical (unpaired) electrons. The maximum absolute atomic E-state index is 13.1. The molecule has 0 aliphatic carbocycles. The number of carbonyl (C=O) groups is 1. The van der Waals surface area contributed by atoms with Crippen molar-refractivity contribution in [2.75, 3.05) is 28.6 Å². The third kappa shape index (κ3) is 4.93. The van der Waals surface area contributed by atoms with E-state index in [2.05, 4.69) is 10.6 Å². The van der Waals surface area contributed by atoms with Crippen LogP contribution in [0.4, 0.5) is 35.0 Å². The van der Waals surface area contributed by atoms with Gasteiger partial charge >= 0.3 is 12.2 Å². The van der Waals surface area contributed by atoms with E-state index in [1.165, 1.54) is 6.07 Å². The fourth-order valence-corrected chi connectivity index (χ4v) is 3.14. The van der Waals surface area contributed by atoms with Crippen LogP contribution in [-0.4, -0.2) is 19.1 Å². The second-order valence-electron chi connectivity index (χ2n) is 6.72. The molecule has 0 unspecified atom stereocenters. The number of benzene rings is 2. The lowest BCUT2D eigenvalue weighted by Gasteiger charge is -2.31. The molecule has 1 heterocycles. The summed E-state index contributed by atoms with van der Waals surface area (Å²) < 4.78 is 39.4. The molecule has 2 aromatic carbocycles. The molecule has 144 valence electrons.